The average Bonchev–Trinajstić information content (AvgIpc) is 1.98. The molecule has 0 aromatic rings. The molecule has 12 heavy (non-hydrogen) atoms. The highest BCUT2D eigenvalue weighted by atomic mass is 35.5. The lowest BCUT2D eigenvalue weighted by Crippen LogP contribution is -2.22. The maximum atomic E-state index is 10.9. The van der Waals surface area contributed by atoms with Crippen molar-refractivity contribution in [2.45, 2.75) is 6.92 Å². The summed E-state index contributed by atoms with van der Waals surface area (Å²) in [6.45, 7) is 4.88. The zero-order valence-electron chi connectivity index (χ0n) is 6.32. The molecule has 1 amide bonds. The molecule has 0 saturated carbocycles. The zero-order valence-corrected chi connectivity index (χ0v) is 7.83. The van der Waals surface area contributed by atoms with Crippen molar-refractivity contribution in [1.29, 1.82) is 5.26 Å². The number of halogens is 2. The van der Waals surface area contributed by atoms with Crippen molar-refractivity contribution in [1.82, 2.24) is 5.32 Å². The molecule has 5 heteroatoms. The molecule has 0 saturated heterocycles. The molecule has 3 nitrogen and oxygen atoms in total. The number of nitriles is 1. The second-order valence-corrected chi connectivity index (χ2v) is 2.93. The van der Waals surface area contributed by atoms with Crippen LogP contribution in [0.3, 0.4) is 0 Å². The van der Waals surface area contributed by atoms with Crippen LogP contribution in [0.25, 0.3) is 0 Å². The number of carbonyl (C=O) groups excluding carboxylic acids is 1. The van der Waals surface area contributed by atoms with Gasteiger partial charge in [-0.1, -0.05) is 29.8 Å². The molecule has 0 fully saturated rings. The lowest BCUT2D eigenvalue weighted by atomic mass is 10.3. The van der Waals surface area contributed by atoms with E-state index in [1.165, 1.54) is 6.92 Å². The molecule has 0 rings (SSSR count). The maximum Gasteiger partial charge on any atom is 0.251 e. The summed E-state index contributed by atoms with van der Waals surface area (Å²) in [5.41, 5.74) is 0.101. The van der Waals surface area contributed by atoms with Crippen molar-refractivity contribution >= 4 is 29.1 Å². The summed E-state index contributed by atoms with van der Waals surface area (Å²) < 4.78 is -0.271. The molecule has 1 N–H and O–H groups in total. The Balaban J connectivity index is 4.48. The predicted molar refractivity (Wildman–Crippen MR) is 47.3 cm³/mol. The summed E-state index contributed by atoms with van der Waals surface area (Å²) in [4.78, 5) is 10.9. The van der Waals surface area contributed by atoms with Gasteiger partial charge >= 0.3 is 0 Å². The zero-order chi connectivity index (χ0) is 9.72. The summed E-state index contributed by atoms with van der Waals surface area (Å²) in [6.07, 6.45) is 0. The van der Waals surface area contributed by atoms with E-state index < -0.39 is 5.91 Å². The van der Waals surface area contributed by atoms with Crippen molar-refractivity contribution in [3.8, 4) is 6.07 Å². The van der Waals surface area contributed by atoms with E-state index in [0.29, 0.717) is 0 Å². The van der Waals surface area contributed by atoms with E-state index in [4.69, 9.17) is 28.5 Å². The van der Waals surface area contributed by atoms with Crippen LogP contribution in [0.15, 0.2) is 22.3 Å². The normalized spacial score (nSPS) is 8.17. The maximum absolute atomic E-state index is 10.9. The van der Waals surface area contributed by atoms with Crippen LogP contribution in [-0.2, 0) is 4.79 Å². The van der Waals surface area contributed by atoms with Crippen LogP contribution in [0, 0.1) is 11.3 Å². The lowest BCUT2D eigenvalue weighted by Gasteiger charge is -2.01. The Morgan fingerprint density at radius 2 is 2.08 bits per heavy atom. The first-order valence-corrected chi connectivity index (χ1v) is 3.67. The number of rotatable bonds is 2. The van der Waals surface area contributed by atoms with Gasteiger partial charge in [-0.3, -0.25) is 4.79 Å². The van der Waals surface area contributed by atoms with Gasteiger partial charge in [0, 0.05) is 5.57 Å². The Kier molecular flexibility index (Phi) is 4.42. The van der Waals surface area contributed by atoms with E-state index in [9.17, 15) is 4.79 Å². The van der Waals surface area contributed by atoms with Crippen molar-refractivity contribution in [2.24, 2.45) is 0 Å². The minimum atomic E-state index is -0.481. The van der Waals surface area contributed by atoms with Crippen LogP contribution >= 0.6 is 23.2 Å². The second-order valence-electron chi connectivity index (χ2n) is 1.98. The van der Waals surface area contributed by atoms with Gasteiger partial charge in [0.15, 0.2) is 5.70 Å². The number of amides is 1. The summed E-state index contributed by atoms with van der Waals surface area (Å²) >= 11 is 10.5. The Morgan fingerprint density at radius 3 is 2.33 bits per heavy atom. The molecule has 0 bridgehead atoms. The SMILES string of the molecule is C=C(C)C(=O)NC(C#N)=C(Cl)Cl. The van der Waals surface area contributed by atoms with Gasteiger partial charge in [-0.05, 0) is 6.92 Å². The van der Waals surface area contributed by atoms with Crippen molar-refractivity contribution in [2.75, 3.05) is 0 Å². The average molecular weight is 205 g/mol. The molecule has 0 spiro atoms. The van der Waals surface area contributed by atoms with E-state index in [2.05, 4.69) is 11.9 Å². The van der Waals surface area contributed by atoms with Gasteiger partial charge in [0.1, 0.15) is 10.6 Å². The van der Waals surface area contributed by atoms with Gasteiger partial charge in [-0.2, -0.15) is 5.26 Å². The third-order valence-electron chi connectivity index (χ3n) is 0.927. The number of nitrogens with one attached hydrogen (secondary N) is 1. The van der Waals surface area contributed by atoms with Gasteiger partial charge in [0.25, 0.3) is 5.91 Å². The number of carbonyl (C=O) groups is 1. The minimum Gasteiger partial charge on any atom is -0.311 e. The summed E-state index contributed by atoms with van der Waals surface area (Å²) in [5.74, 6) is -0.481. The standard InChI is InChI=1S/C7H6Cl2N2O/c1-4(2)7(12)11-5(3-10)6(8)9/h1H2,2H3,(H,11,12). The molecule has 0 atom stereocenters. The smallest absolute Gasteiger partial charge is 0.251 e. The van der Waals surface area contributed by atoms with Crippen LogP contribution < -0.4 is 5.32 Å². The van der Waals surface area contributed by atoms with Gasteiger partial charge in [-0.15, -0.1) is 0 Å². The molecule has 0 aromatic carbocycles. The molecular weight excluding hydrogens is 199 g/mol. The molecule has 0 aliphatic heterocycles. The topological polar surface area (TPSA) is 52.9 Å². The first kappa shape index (κ1) is 11.0. The number of nitrogens with zero attached hydrogens (tertiary/aromatic N) is 1. The highest BCUT2D eigenvalue weighted by molar-refractivity contribution is 6.56. The molecule has 64 valence electrons. The molecule has 0 aliphatic rings. The van der Waals surface area contributed by atoms with Gasteiger partial charge in [-0.25, -0.2) is 0 Å². The first-order chi connectivity index (χ1) is 5.49. The highest BCUT2D eigenvalue weighted by Crippen LogP contribution is 2.11. The fourth-order valence-electron chi connectivity index (χ4n) is 0.338. The summed E-state index contributed by atoms with van der Waals surface area (Å²) in [6, 6.07) is 1.63. The van der Waals surface area contributed by atoms with Gasteiger partial charge in [0.2, 0.25) is 0 Å². The molecular formula is C7H6Cl2N2O. The van der Waals surface area contributed by atoms with Crippen molar-refractivity contribution in [3.63, 3.8) is 0 Å². The lowest BCUT2D eigenvalue weighted by molar-refractivity contribution is -0.116. The molecule has 0 heterocycles. The van der Waals surface area contributed by atoms with E-state index in [0.717, 1.165) is 0 Å². The van der Waals surface area contributed by atoms with Crippen LogP contribution in [0.4, 0.5) is 0 Å². The quantitative estimate of drug-likeness (QED) is 0.552. The Labute approximate surface area is 80.3 Å². The first-order valence-electron chi connectivity index (χ1n) is 2.91. The van der Waals surface area contributed by atoms with Crippen LogP contribution in [0.1, 0.15) is 6.92 Å². The van der Waals surface area contributed by atoms with Gasteiger partial charge in [0.05, 0.1) is 0 Å². The van der Waals surface area contributed by atoms with Crippen LogP contribution in [-0.4, -0.2) is 5.91 Å². The van der Waals surface area contributed by atoms with Gasteiger partial charge < -0.3 is 5.32 Å². The number of hydrogen-bond donors (Lipinski definition) is 1. The van der Waals surface area contributed by atoms with E-state index in [1.807, 2.05) is 0 Å². The van der Waals surface area contributed by atoms with E-state index in [-0.39, 0.29) is 15.8 Å². The number of allylic oxidation sites excluding steroid dienone is 1. The number of hydrogen-bond acceptors (Lipinski definition) is 2. The van der Waals surface area contributed by atoms with Crippen LogP contribution in [0.2, 0.25) is 0 Å². The van der Waals surface area contributed by atoms with E-state index >= 15 is 0 Å². The van der Waals surface area contributed by atoms with E-state index in [1.54, 1.807) is 6.07 Å². The fourth-order valence-corrected chi connectivity index (χ4v) is 0.517. The third kappa shape index (κ3) is 3.42. The Hall–Kier alpha value is -0.980. The molecule has 0 aliphatic carbocycles. The summed E-state index contributed by atoms with van der Waals surface area (Å²) in [5, 5.41) is 10.6. The second kappa shape index (κ2) is 4.81. The largest absolute Gasteiger partial charge is 0.311 e. The molecule has 0 aromatic heterocycles. The van der Waals surface area contributed by atoms with Crippen molar-refractivity contribution < 1.29 is 4.79 Å². The molecule has 0 unspecified atom stereocenters. The third-order valence-corrected chi connectivity index (χ3v) is 1.30. The van der Waals surface area contributed by atoms with Crippen LogP contribution in [0.5, 0.6) is 0 Å². The highest BCUT2D eigenvalue weighted by Gasteiger charge is 2.07. The fraction of sp³-hybridized carbons (Fsp3) is 0.143. The van der Waals surface area contributed by atoms with Crippen molar-refractivity contribution in [3.05, 3.63) is 22.3 Å². The minimum absolute atomic E-state index is 0.175. The Morgan fingerprint density at radius 1 is 1.58 bits per heavy atom. The Bertz CT molecular complexity index is 284. The predicted octanol–water partition coefficient (Wildman–Crippen LogP) is 1.85. The molecule has 0 radical (unpaired) electrons. The monoisotopic (exact) mass is 204 g/mol. The summed E-state index contributed by atoms with van der Waals surface area (Å²) in [7, 11) is 0.